The van der Waals surface area contributed by atoms with E-state index in [0.717, 1.165) is 0 Å². The van der Waals surface area contributed by atoms with Crippen LogP contribution in [0.1, 0.15) is 6.92 Å². The Labute approximate surface area is 69.6 Å². The smallest absolute Gasteiger partial charge is 0.411 e. The van der Waals surface area contributed by atoms with Gasteiger partial charge in [0.15, 0.2) is 0 Å². The van der Waals surface area contributed by atoms with E-state index in [4.69, 9.17) is 16.7 Å². The van der Waals surface area contributed by atoms with Crippen LogP contribution in [0.5, 0.6) is 0 Å². The average Bonchev–Trinajstić information content (AvgIpc) is 1.94. The third-order valence-electron chi connectivity index (χ3n) is 1.47. The van der Waals surface area contributed by atoms with Crippen LogP contribution in [-0.2, 0) is 0 Å². The van der Waals surface area contributed by atoms with E-state index in [-0.39, 0.29) is 6.54 Å². The molecule has 0 atom stereocenters. The van der Waals surface area contributed by atoms with Crippen LogP contribution in [0.25, 0.3) is 0 Å². The predicted molar refractivity (Wildman–Crippen MR) is 42.4 cm³/mol. The van der Waals surface area contributed by atoms with Crippen LogP contribution in [0.15, 0.2) is 22.9 Å². The summed E-state index contributed by atoms with van der Waals surface area (Å²) in [6.07, 6.45) is 2.42. The Bertz CT molecular complexity index is 245. The zero-order valence-electron chi connectivity index (χ0n) is 6.04. The van der Waals surface area contributed by atoms with E-state index >= 15 is 0 Å². The highest BCUT2D eigenvalue weighted by molar-refractivity contribution is 6.30. The van der Waals surface area contributed by atoms with E-state index in [9.17, 15) is 4.79 Å². The van der Waals surface area contributed by atoms with Gasteiger partial charge in [0.05, 0.1) is 6.54 Å². The molecule has 0 spiro atoms. The second-order valence-electron chi connectivity index (χ2n) is 2.29. The van der Waals surface area contributed by atoms with Crippen LogP contribution in [0.4, 0.5) is 4.79 Å². The van der Waals surface area contributed by atoms with Crippen molar-refractivity contribution in [2.75, 3.05) is 6.54 Å². The monoisotopic (exact) mass is 173 g/mol. The summed E-state index contributed by atoms with van der Waals surface area (Å²) in [5.74, 6) is 0. The molecule has 0 saturated carbocycles. The molecule has 1 aliphatic rings. The lowest BCUT2D eigenvalue weighted by Gasteiger charge is -2.21. The second-order valence-corrected chi connectivity index (χ2v) is 2.78. The van der Waals surface area contributed by atoms with Crippen molar-refractivity contribution in [3.63, 3.8) is 0 Å². The number of carboxylic acid groups (broad SMARTS) is 1. The van der Waals surface area contributed by atoms with Crippen LogP contribution in [0.2, 0.25) is 0 Å². The minimum Gasteiger partial charge on any atom is -0.465 e. The average molecular weight is 174 g/mol. The van der Waals surface area contributed by atoms with Gasteiger partial charge in [-0.2, -0.15) is 0 Å². The fourth-order valence-corrected chi connectivity index (χ4v) is 1.03. The summed E-state index contributed by atoms with van der Waals surface area (Å²) in [6.45, 7) is 1.99. The number of hydrogen-bond donors (Lipinski definition) is 1. The fourth-order valence-electron chi connectivity index (χ4n) is 0.848. The maximum absolute atomic E-state index is 10.5. The molecule has 0 fully saturated rings. The van der Waals surface area contributed by atoms with Crippen molar-refractivity contribution in [3.05, 3.63) is 22.9 Å². The Hall–Kier alpha value is -0.960. The van der Waals surface area contributed by atoms with Gasteiger partial charge in [0.25, 0.3) is 0 Å². The topological polar surface area (TPSA) is 40.5 Å². The predicted octanol–water partition coefficient (Wildman–Crippen LogP) is 2.01. The normalized spacial score (nSPS) is 17.5. The van der Waals surface area contributed by atoms with Crippen LogP contribution >= 0.6 is 11.6 Å². The summed E-state index contributed by atoms with van der Waals surface area (Å²) in [5.41, 5.74) is 0.696. The zero-order chi connectivity index (χ0) is 8.43. The summed E-state index contributed by atoms with van der Waals surface area (Å²) < 4.78 is 0. The zero-order valence-corrected chi connectivity index (χ0v) is 6.80. The van der Waals surface area contributed by atoms with Gasteiger partial charge in [0, 0.05) is 10.7 Å². The molecule has 1 amide bonds. The van der Waals surface area contributed by atoms with Gasteiger partial charge in [-0.1, -0.05) is 11.6 Å². The quantitative estimate of drug-likeness (QED) is 0.609. The van der Waals surface area contributed by atoms with Crippen molar-refractivity contribution in [2.24, 2.45) is 0 Å². The first-order chi connectivity index (χ1) is 5.11. The molecular formula is C7H8ClNO2. The van der Waals surface area contributed by atoms with Crippen molar-refractivity contribution in [1.82, 2.24) is 4.90 Å². The standard InChI is InChI=1S/C7H8ClNO2/c1-5-2-3-6(8)4-9(5)7(10)11/h2-3H,4H2,1H3,(H,10,11). The molecule has 0 unspecified atom stereocenters. The summed E-state index contributed by atoms with van der Waals surface area (Å²) in [4.78, 5) is 11.7. The Kier molecular flexibility index (Phi) is 2.19. The Morgan fingerprint density at radius 2 is 2.36 bits per heavy atom. The molecule has 4 heteroatoms. The number of hydrogen-bond acceptors (Lipinski definition) is 1. The maximum Gasteiger partial charge on any atom is 0.411 e. The lowest BCUT2D eigenvalue weighted by Crippen LogP contribution is -2.30. The Morgan fingerprint density at radius 1 is 1.73 bits per heavy atom. The molecular weight excluding hydrogens is 166 g/mol. The molecule has 1 rings (SSSR count). The molecule has 1 N–H and O–H groups in total. The van der Waals surface area contributed by atoms with Crippen molar-refractivity contribution >= 4 is 17.7 Å². The van der Waals surface area contributed by atoms with Crippen molar-refractivity contribution in [3.8, 4) is 0 Å². The van der Waals surface area contributed by atoms with Gasteiger partial charge in [-0.3, -0.25) is 4.90 Å². The summed E-state index contributed by atoms with van der Waals surface area (Å²) in [6, 6.07) is 0. The van der Waals surface area contributed by atoms with Crippen LogP contribution in [0.3, 0.4) is 0 Å². The van der Waals surface area contributed by atoms with Crippen molar-refractivity contribution < 1.29 is 9.90 Å². The molecule has 60 valence electrons. The lowest BCUT2D eigenvalue weighted by molar-refractivity contribution is 0.162. The number of carbonyl (C=O) groups is 1. The number of amides is 1. The number of halogens is 1. The number of nitrogens with zero attached hydrogens (tertiary/aromatic N) is 1. The molecule has 0 aromatic heterocycles. The van der Waals surface area contributed by atoms with Gasteiger partial charge in [0.1, 0.15) is 0 Å². The minimum atomic E-state index is -0.968. The van der Waals surface area contributed by atoms with E-state index in [1.54, 1.807) is 19.1 Å². The van der Waals surface area contributed by atoms with Crippen LogP contribution < -0.4 is 0 Å². The molecule has 0 aromatic carbocycles. The van der Waals surface area contributed by atoms with E-state index in [0.29, 0.717) is 10.7 Å². The summed E-state index contributed by atoms with van der Waals surface area (Å²) >= 11 is 5.63. The second kappa shape index (κ2) is 2.96. The molecule has 0 saturated heterocycles. The summed E-state index contributed by atoms with van der Waals surface area (Å²) in [7, 11) is 0. The lowest BCUT2D eigenvalue weighted by atomic mass is 10.3. The third kappa shape index (κ3) is 1.74. The van der Waals surface area contributed by atoms with Gasteiger partial charge in [-0.05, 0) is 19.1 Å². The first-order valence-corrected chi connectivity index (χ1v) is 3.52. The fraction of sp³-hybridized carbons (Fsp3) is 0.286. The van der Waals surface area contributed by atoms with Crippen molar-refractivity contribution in [2.45, 2.75) is 6.92 Å². The first-order valence-electron chi connectivity index (χ1n) is 3.14. The third-order valence-corrected chi connectivity index (χ3v) is 1.72. The van der Waals surface area contributed by atoms with E-state index in [2.05, 4.69) is 0 Å². The Balaban J connectivity index is 2.81. The number of allylic oxidation sites excluding steroid dienone is 3. The number of rotatable bonds is 0. The van der Waals surface area contributed by atoms with Gasteiger partial charge < -0.3 is 5.11 Å². The molecule has 3 nitrogen and oxygen atoms in total. The Morgan fingerprint density at radius 3 is 2.82 bits per heavy atom. The van der Waals surface area contributed by atoms with Crippen molar-refractivity contribution in [1.29, 1.82) is 0 Å². The van der Waals surface area contributed by atoms with Gasteiger partial charge in [-0.25, -0.2) is 4.79 Å². The van der Waals surface area contributed by atoms with E-state index in [1.165, 1.54) is 4.90 Å². The highest BCUT2D eigenvalue weighted by Gasteiger charge is 2.16. The van der Waals surface area contributed by atoms with Gasteiger partial charge >= 0.3 is 6.09 Å². The van der Waals surface area contributed by atoms with Crippen LogP contribution in [-0.4, -0.2) is 22.6 Å². The largest absolute Gasteiger partial charge is 0.465 e. The molecule has 0 bridgehead atoms. The molecule has 0 aliphatic carbocycles. The SMILES string of the molecule is CC1=CC=C(Cl)CN1C(=O)O. The van der Waals surface area contributed by atoms with E-state index in [1.807, 2.05) is 0 Å². The van der Waals surface area contributed by atoms with Gasteiger partial charge in [-0.15, -0.1) is 0 Å². The molecule has 1 heterocycles. The molecule has 11 heavy (non-hydrogen) atoms. The van der Waals surface area contributed by atoms with Crippen LogP contribution in [0, 0.1) is 0 Å². The van der Waals surface area contributed by atoms with E-state index < -0.39 is 6.09 Å². The highest BCUT2D eigenvalue weighted by atomic mass is 35.5. The molecule has 0 radical (unpaired) electrons. The highest BCUT2D eigenvalue weighted by Crippen LogP contribution is 2.16. The maximum atomic E-state index is 10.5. The molecule has 0 aromatic rings. The molecule has 1 aliphatic heterocycles. The minimum absolute atomic E-state index is 0.263. The summed E-state index contributed by atoms with van der Waals surface area (Å²) in [5, 5.41) is 9.17. The van der Waals surface area contributed by atoms with Gasteiger partial charge in [0.2, 0.25) is 0 Å². The first kappa shape index (κ1) is 8.14.